The Hall–Kier alpha value is -2.89. The van der Waals surface area contributed by atoms with Crippen LogP contribution in [0.4, 0.5) is 9.18 Å². The van der Waals surface area contributed by atoms with Crippen LogP contribution in [-0.4, -0.2) is 28.6 Å². The van der Waals surface area contributed by atoms with E-state index in [1.54, 1.807) is 11.0 Å². The Balaban J connectivity index is 1.74. The molecule has 0 aromatic heterocycles. The van der Waals surface area contributed by atoms with Crippen LogP contribution >= 0.6 is 0 Å². The molecular formula is C20H20FNO4. The number of ether oxygens (including phenoxy) is 1. The third kappa shape index (κ3) is 4.02. The summed E-state index contributed by atoms with van der Waals surface area (Å²) in [6, 6.07) is 13.1. The van der Waals surface area contributed by atoms with E-state index in [2.05, 4.69) is 0 Å². The van der Waals surface area contributed by atoms with Crippen molar-refractivity contribution in [2.75, 3.05) is 6.54 Å². The highest BCUT2D eigenvalue weighted by molar-refractivity contribution is 5.88. The fraction of sp³-hybridized carbons (Fsp3) is 0.300. The Morgan fingerprint density at radius 3 is 2.62 bits per heavy atom. The van der Waals surface area contributed by atoms with Crippen LogP contribution in [0.5, 0.6) is 0 Å². The van der Waals surface area contributed by atoms with Crippen LogP contribution in [0.2, 0.25) is 0 Å². The number of carbonyl (C=O) groups is 2. The van der Waals surface area contributed by atoms with Crippen LogP contribution in [0.1, 0.15) is 46.8 Å². The minimum absolute atomic E-state index is 0.176. The van der Waals surface area contributed by atoms with Gasteiger partial charge in [-0.05, 0) is 42.5 Å². The number of amides is 1. The summed E-state index contributed by atoms with van der Waals surface area (Å²) in [5, 5.41) is 8.96. The summed E-state index contributed by atoms with van der Waals surface area (Å²) in [7, 11) is 0. The molecule has 1 aliphatic heterocycles. The molecule has 1 N–H and O–H groups in total. The largest absolute Gasteiger partial charge is 0.478 e. The van der Waals surface area contributed by atoms with Crippen molar-refractivity contribution in [3.8, 4) is 0 Å². The molecule has 136 valence electrons. The molecule has 1 atom stereocenters. The number of hydrogen-bond donors (Lipinski definition) is 1. The number of piperidine rings is 1. The van der Waals surface area contributed by atoms with Crippen LogP contribution in [0.15, 0.2) is 48.5 Å². The molecule has 0 aliphatic carbocycles. The van der Waals surface area contributed by atoms with E-state index in [-0.39, 0.29) is 18.2 Å². The number of carboxylic acids is 1. The second kappa shape index (κ2) is 7.99. The highest BCUT2D eigenvalue weighted by atomic mass is 19.1. The summed E-state index contributed by atoms with van der Waals surface area (Å²) in [5.74, 6) is -2.10. The van der Waals surface area contributed by atoms with Gasteiger partial charge in [0.2, 0.25) is 0 Å². The van der Waals surface area contributed by atoms with E-state index in [1.165, 1.54) is 12.1 Å². The number of rotatable bonds is 4. The third-order valence-electron chi connectivity index (χ3n) is 4.55. The van der Waals surface area contributed by atoms with Gasteiger partial charge in [0.05, 0.1) is 11.6 Å². The molecule has 0 unspecified atom stereocenters. The van der Waals surface area contributed by atoms with Gasteiger partial charge in [0.1, 0.15) is 12.4 Å². The van der Waals surface area contributed by atoms with E-state index < -0.39 is 17.9 Å². The SMILES string of the molecule is O=C(O)c1ccc([C@@H]2CCCCN2C(=O)OCc2ccccc2)cc1F. The number of likely N-dealkylation sites (tertiary alicyclic amines) is 1. The molecule has 1 fully saturated rings. The molecule has 2 aromatic carbocycles. The third-order valence-corrected chi connectivity index (χ3v) is 4.55. The monoisotopic (exact) mass is 357 g/mol. The highest BCUT2D eigenvalue weighted by Crippen LogP contribution is 2.32. The first-order valence-electron chi connectivity index (χ1n) is 8.56. The van der Waals surface area contributed by atoms with Crippen LogP contribution in [0, 0.1) is 5.82 Å². The zero-order chi connectivity index (χ0) is 18.5. The van der Waals surface area contributed by atoms with Crippen molar-refractivity contribution < 1.29 is 23.8 Å². The maximum Gasteiger partial charge on any atom is 0.410 e. The number of carboxylic acid groups (broad SMARTS) is 1. The number of nitrogens with zero attached hydrogens (tertiary/aromatic N) is 1. The zero-order valence-corrected chi connectivity index (χ0v) is 14.2. The fourth-order valence-electron chi connectivity index (χ4n) is 3.21. The number of halogens is 1. The van der Waals surface area contributed by atoms with Gasteiger partial charge < -0.3 is 14.7 Å². The molecule has 1 amide bonds. The zero-order valence-electron chi connectivity index (χ0n) is 14.2. The average Bonchev–Trinajstić information content (AvgIpc) is 2.66. The normalized spacial score (nSPS) is 17.0. The van der Waals surface area contributed by atoms with Gasteiger partial charge in [0.15, 0.2) is 0 Å². The molecule has 2 aromatic rings. The number of benzene rings is 2. The predicted octanol–water partition coefficient (Wildman–Crippen LogP) is 4.39. The summed E-state index contributed by atoms with van der Waals surface area (Å²) in [5.41, 5.74) is 1.11. The maximum atomic E-state index is 14.0. The van der Waals surface area contributed by atoms with E-state index in [1.807, 2.05) is 30.3 Å². The lowest BCUT2D eigenvalue weighted by atomic mass is 9.94. The number of hydrogen-bond acceptors (Lipinski definition) is 3. The van der Waals surface area contributed by atoms with Crippen LogP contribution in [-0.2, 0) is 11.3 Å². The fourth-order valence-corrected chi connectivity index (χ4v) is 3.21. The van der Waals surface area contributed by atoms with Crippen molar-refractivity contribution in [3.05, 3.63) is 71.0 Å². The first-order chi connectivity index (χ1) is 12.6. The molecule has 26 heavy (non-hydrogen) atoms. The number of aromatic carboxylic acids is 1. The average molecular weight is 357 g/mol. The highest BCUT2D eigenvalue weighted by Gasteiger charge is 2.30. The lowest BCUT2D eigenvalue weighted by molar-refractivity contribution is 0.0667. The summed E-state index contributed by atoms with van der Waals surface area (Å²) < 4.78 is 19.4. The van der Waals surface area contributed by atoms with Gasteiger partial charge in [-0.25, -0.2) is 14.0 Å². The van der Waals surface area contributed by atoms with Gasteiger partial charge in [-0.15, -0.1) is 0 Å². The van der Waals surface area contributed by atoms with Gasteiger partial charge in [0, 0.05) is 6.54 Å². The van der Waals surface area contributed by atoms with Crippen molar-refractivity contribution in [2.45, 2.75) is 31.9 Å². The van der Waals surface area contributed by atoms with Gasteiger partial charge in [-0.1, -0.05) is 36.4 Å². The van der Waals surface area contributed by atoms with Crippen molar-refractivity contribution >= 4 is 12.1 Å². The lowest BCUT2D eigenvalue weighted by Crippen LogP contribution is -2.38. The Kier molecular flexibility index (Phi) is 5.51. The quantitative estimate of drug-likeness (QED) is 0.881. The van der Waals surface area contributed by atoms with Crippen molar-refractivity contribution in [1.82, 2.24) is 4.90 Å². The van der Waals surface area contributed by atoms with Gasteiger partial charge in [0.25, 0.3) is 0 Å². The lowest BCUT2D eigenvalue weighted by Gasteiger charge is -2.35. The first kappa shape index (κ1) is 17.9. The topological polar surface area (TPSA) is 66.8 Å². The molecule has 1 heterocycles. The van der Waals surface area contributed by atoms with Gasteiger partial charge in [-0.3, -0.25) is 0 Å². The van der Waals surface area contributed by atoms with Crippen LogP contribution in [0.25, 0.3) is 0 Å². The summed E-state index contributed by atoms with van der Waals surface area (Å²) in [6.07, 6.45) is 2.01. The van der Waals surface area contributed by atoms with Crippen LogP contribution in [0.3, 0.4) is 0 Å². The molecule has 0 radical (unpaired) electrons. The van der Waals surface area contributed by atoms with Crippen molar-refractivity contribution in [3.63, 3.8) is 0 Å². The molecule has 0 spiro atoms. The minimum Gasteiger partial charge on any atom is -0.478 e. The second-order valence-electron chi connectivity index (χ2n) is 6.29. The van der Waals surface area contributed by atoms with E-state index in [0.717, 1.165) is 18.4 Å². The molecule has 1 saturated heterocycles. The molecule has 0 saturated carbocycles. The van der Waals surface area contributed by atoms with Crippen molar-refractivity contribution in [1.29, 1.82) is 0 Å². The van der Waals surface area contributed by atoms with E-state index >= 15 is 0 Å². The smallest absolute Gasteiger partial charge is 0.410 e. The van der Waals surface area contributed by atoms with Gasteiger partial charge in [-0.2, -0.15) is 0 Å². The molecule has 5 nitrogen and oxygen atoms in total. The number of carbonyl (C=O) groups excluding carboxylic acids is 1. The minimum atomic E-state index is -1.31. The molecular weight excluding hydrogens is 337 g/mol. The molecule has 3 rings (SSSR count). The standard InChI is InChI=1S/C20H20FNO4/c21-17-12-15(9-10-16(17)19(23)24)18-8-4-5-11-22(18)20(25)26-13-14-6-2-1-3-7-14/h1-3,6-7,9-10,12,18H,4-5,8,11,13H2,(H,23,24)/t18-/m0/s1. The van der Waals surface area contributed by atoms with Crippen LogP contribution < -0.4 is 0 Å². The van der Waals surface area contributed by atoms with Gasteiger partial charge >= 0.3 is 12.1 Å². The summed E-state index contributed by atoms with van der Waals surface area (Å²) in [4.78, 5) is 25.1. The van der Waals surface area contributed by atoms with E-state index in [0.29, 0.717) is 18.5 Å². The van der Waals surface area contributed by atoms with E-state index in [9.17, 15) is 14.0 Å². The molecule has 6 heteroatoms. The Labute approximate surface area is 151 Å². The summed E-state index contributed by atoms with van der Waals surface area (Å²) in [6.45, 7) is 0.704. The first-order valence-corrected chi connectivity index (χ1v) is 8.56. The van der Waals surface area contributed by atoms with E-state index in [4.69, 9.17) is 9.84 Å². The molecule has 0 bridgehead atoms. The Morgan fingerprint density at radius 2 is 1.92 bits per heavy atom. The second-order valence-corrected chi connectivity index (χ2v) is 6.29. The predicted molar refractivity (Wildman–Crippen MR) is 93.3 cm³/mol. The van der Waals surface area contributed by atoms with Crippen molar-refractivity contribution in [2.24, 2.45) is 0 Å². The Morgan fingerprint density at radius 1 is 1.15 bits per heavy atom. The molecule has 1 aliphatic rings. The maximum absolute atomic E-state index is 14.0. The summed E-state index contributed by atoms with van der Waals surface area (Å²) >= 11 is 0. The Bertz CT molecular complexity index is 794.